The van der Waals surface area contributed by atoms with Crippen LogP contribution in [0.4, 0.5) is 0 Å². The highest BCUT2D eigenvalue weighted by Crippen LogP contribution is 2.44. The molecular weight excluding hydrogens is 292 g/mol. The lowest BCUT2D eigenvalue weighted by Gasteiger charge is -2.40. The first kappa shape index (κ1) is 17.3. The van der Waals surface area contributed by atoms with Crippen molar-refractivity contribution < 1.29 is 19.1 Å². The Kier molecular flexibility index (Phi) is 5.59. The average Bonchev–Trinajstić information content (AvgIpc) is 2.55. The van der Waals surface area contributed by atoms with Gasteiger partial charge in [0.25, 0.3) is 0 Å². The molecule has 23 heavy (non-hydrogen) atoms. The van der Waals surface area contributed by atoms with Crippen LogP contribution >= 0.6 is 0 Å². The van der Waals surface area contributed by atoms with Crippen LogP contribution in [0.5, 0.6) is 0 Å². The maximum atomic E-state index is 12.9. The van der Waals surface area contributed by atoms with Gasteiger partial charge in [-0.2, -0.15) is 0 Å². The molecule has 0 heterocycles. The summed E-state index contributed by atoms with van der Waals surface area (Å²) in [5, 5.41) is 0. The second-order valence-corrected chi connectivity index (χ2v) is 5.58. The summed E-state index contributed by atoms with van der Waals surface area (Å²) >= 11 is 0. The normalized spacial score (nSPS) is 19.2. The number of carbonyl (C=O) groups excluding carboxylic acids is 2. The van der Waals surface area contributed by atoms with Crippen molar-refractivity contribution in [2.75, 3.05) is 13.2 Å². The minimum atomic E-state index is -1.41. The van der Waals surface area contributed by atoms with Gasteiger partial charge < -0.3 is 9.47 Å². The van der Waals surface area contributed by atoms with E-state index in [1.54, 1.807) is 13.8 Å². The van der Waals surface area contributed by atoms with E-state index in [0.29, 0.717) is 12.0 Å². The molecule has 1 atom stereocenters. The lowest BCUT2D eigenvalue weighted by molar-refractivity contribution is -0.168. The number of fused-ring (bicyclic) bond motifs is 1. The van der Waals surface area contributed by atoms with Crippen molar-refractivity contribution in [2.24, 2.45) is 5.92 Å². The average molecular weight is 316 g/mol. The quantitative estimate of drug-likeness (QED) is 0.475. The number of carbonyl (C=O) groups is 2. The summed E-state index contributed by atoms with van der Waals surface area (Å²) in [5.41, 5.74) is 0.313. The van der Waals surface area contributed by atoms with E-state index in [4.69, 9.17) is 9.47 Å². The van der Waals surface area contributed by atoms with Crippen molar-refractivity contribution in [2.45, 2.75) is 39.0 Å². The summed E-state index contributed by atoms with van der Waals surface area (Å²) in [5.74, 6) is -1.30. The minimum Gasteiger partial charge on any atom is -0.465 e. The van der Waals surface area contributed by atoms with E-state index in [1.165, 1.54) is 0 Å². The van der Waals surface area contributed by atoms with E-state index >= 15 is 0 Å². The fraction of sp³-hybridized carbons (Fsp3) is 0.474. The molecule has 0 fully saturated rings. The van der Waals surface area contributed by atoms with Gasteiger partial charge in [-0.25, -0.2) is 0 Å². The maximum Gasteiger partial charge on any atom is 0.328 e. The molecule has 0 N–H and O–H groups in total. The largest absolute Gasteiger partial charge is 0.465 e. The molecule has 4 heteroatoms. The van der Waals surface area contributed by atoms with Crippen LogP contribution in [0.2, 0.25) is 0 Å². The highest BCUT2D eigenvalue weighted by Gasteiger charge is 2.57. The molecule has 124 valence electrons. The number of rotatable bonds is 5. The first-order chi connectivity index (χ1) is 11.1. The van der Waals surface area contributed by atoms with Crippen LogP contribution in [0.25, 0.3) is 0 Å². The van der Waals surface area contributed by atoms with Gasteiger partial charge in [0.1, 0.15) is 0 Å². The topological polar surface area (TPSA) is 52.6 Å². The number of aryl methyl sites for hydroxylation is 1. The number of ether oxygens (including phenoxy) is 2. The second-order valence-electron chi connectivity index (χ2n) is 5.58. The van der Waals surface area contributed by atoms with E-state index in [9.17, 15) is 9.59 Å². The van der Waals surface area contributed by atoms with Gasteiger partial charge in [-0.1, -0.05) is 36.4 Å². The summed E-state index contributed by atoms with van der Waals surface area (Å²) in [6.45, 7) is 5.84. The van der Waals surface area contributed by atoms with Crippen molar-refractivity contribution in [1.29, 1.82) is 0 Å². The van der Waals surface area contributed by atoms with E-state index < -0.39 is 17.4 Å². The predicted molar refractivity (Wildman–Crippen MR) is 88.0 cm³/mol. The Morgan fingerprint density at radius 3 is 2.35 bits per heavy atom. The highest BCUT2D eigenvalue weighted by atomic mass is 16.6. The molecule has 2 rings (SSSR count). The molecule has 0 amide bonds. The first-order valence-corrected chi connectivity index (χ1v) is 8.18. The summed E-state index contributed by atoms with van der Waals surface area (Å²) < 4.78 is 10.6. The number of allylic oxidation sites excluding steroid dienone is 2. The number of benzene rings is 1. The molecule has 0 radical (unpaired) electrons. The van der Waals surface area contributed by atoms with Crippen molar-refractivity contribution >= 4 is 11.9 Å². The Balaban J connectivity index is 2.70. The van der Waals surface area contributed by atoms with Crippen LogP contribution in [0.15, 0.2) is 36.4 Å². The van der Waals surface area contributed by atoms with Gasteiger partial charge in [-0.05, 0) is 44.7 Å². The predicted octanol–water partition coefficient (Wildman–Crippen LogP) is 3.19. The van der Waals surface area contributed by atoms with Gasteiger partial charge in [-0.3, -0.25) is 9.59 Å². The van der Waals surface area contributed by atoms with E-state index in [0.717, 1.165) is 12.0 Å². The van der Waals surface area contributed by atoms with Crippen LogP contribution in [-0.2, 0) is 30.9 Å². The smallest absolute Gasteiger partial charge is 0.328 e. The molecule has 1 aliphatic carbocycles. The van der Waals surface area contributed by atoms with Crippen molar-refractivity contribution in [3.63, 3.8) is 0 Å². The first-order valence-electron chi connectivity index (χ1n) is 8.18. The van der Waals surface area contributed by atoms with Crippen molar-refractivity contribution in [3.05, 3.63) is 47.5 Å². The second kappa shape index (κ2) is 7.44. The lowest BCUT2D eigenvalue weighted by Crippen LogP contribution is -2.53. The van der Waals surface area contributed by atoms with Gasteiger partial charge in [0.05, 0.1) is 13.2 Å². The molecule has 0 saturated heterocycles. The van der Waals surface area contributed by atoms with E-state index in [2.05, 4.69) is 0 Å². The molecule has 1 aromatic rings. The fourth-order valence-corrected chi connectivity index (χ4v) is 3.42. The Hall–Kier alpha value is -2.10. The highest BCUT2D eigenvalue weighted by molar-refractivity contribution is 6.07. The standard InChI is InChI=1S/C19H24O4/c1-4-9-15-13-12-14-10-7-8-11-16(14)19(15,17(20)22-5-2)18(21)23-6-3/h4,7-11,15H,5-6,12-13H2,1-3H3/b9-4-. The van der Waals surface area contributed by atoms with Crippen LogP contribution in [0.1, 0.15) is 38.3 Å². The number of hydrogen-bond donors (Lipinski definition) is 0. The maximum absolute atomic E-state index is 12.9. The molecule has 0 aliphatic heterocycles. The zero-order valence-electron chi connectivity index (χ0n) is 14.0. The summed E-state index contributed by atoms with van der Waals surface area (Å²) in [6, 6.07) is 7.59. The van der Waals surface area contributed by atoms with Gasteiger partial charge >= 0.3 is 11.9 Å². The monoisotopic (exact) mass is 316 g/mol. The van der Waals surface area contributed by atoms with Crippen molar-refractivity contribution in [3.8, 4) is 0 Å². The molecular formula is C19H24O4. The summed E-state index contributed by atoms with van der Waals surface area (Å²) in [4.78, 5) is 25.9. The number of esters is 2. The fourth-order valence-electron chi connectivity index (χ4n) is 3.42. The Bertz CT molecular complexity index is 585. The van der Waals surface area contributed by atoms with Gasteiger partial charge in [0.15, 0.2) is 5.41 Å². The molecule has 1 aromatic carbocycles. The SMILES string of the molecule is C/C=C\C1CCc2ccccc2C1(C(=O)OCC)C(=O)OCC. The van der Waals surface area contributed by atoms with Crippen molar-refractivity contribution in [1.82, 2.24) is 0 Å². The Morgan fingerprint density at radius 1 is 1.17 bits per heavy atom. The molecule has 1 aliphatic rings. The van der Waals surface area contributed by atoms with Gasteiger partial charge in [0, 0.05) is 5.92 Å². The number of hydrogen-bond acceptors (Lipinski definition) is 4. The van der Waals surface area contributed by atoms with Crippen LogP contribution in [0, 0.1) is 5.92 Å². The molecule has 0 aromatic heterocycles. The third kappa shape index (κ3) is 2.90. The Morgan fingerprint density at radius 2 is 1.78 bits per heavy atom. The molecule has 0 bridgehead atoms. The molecule has 4 nitrogen and oxygen atoms in total. The van der Waals surface area contributed by atoms with Crippen LogP contribution in [-0.4, -0.2) is 25.2 Å². The lowest BCUT2D eigenvalue weighted by atomic mass is 9.63. The summed E-state index contributed by atoms with van der Waals surface area (Å²) in [7, 11) is 0. The van der Waals surface area contributed by atoms with E-state index in [-0.39, 0.29) is 19.1 Å². The molecule has 0 saturated carbocycles. The third-order valence-electron chi connectivity index (χ3n) is 4.34. The van der Waals surface area contributed by atoms with E-state index in [1.807, 2.05) is 43.3 Å². The van der Waals surface area contributed by atoms with Gasteiger partial charge in [0.2, 0.25) is 0 Å². The summed E-state index contributed by atoms with van der Waals surface area (Å²) in [6.07, 6.45) is 5.33. The Labute approximate surface area is 137 Å². The zero-order chi connectivity index (χ0) is 16.9. The zero-order valence-corrected chi connectivity index (χ0v) is 14.0. The minimum absolute atomic E-state index is 0.227. The molecule has 0 spiro atoms. The third-order valence-corrected chi connectivity index (χ3v) is 4.34. The van der Waals surface area contributed by atoms with Gasteiger partial charge in [-0.15, -0.1) is 0 Å². The molecule has 1 unspecified atom stereocenters. The van der Waals surface area contributed by atoms with Crippen LogP contribution < -0.4 is 0 Å². The van der Waals surface area contributed by atoms with Crippen LogP contribution in [0.3, 0.4) is 0 Å².